The van der Waals surface area contributed by atoms with Gasteiger partial charge in [0.15, 0.2) is 19.7 Å². The molecular formula is C41H44N2NaO10S4-. The summed E-state index contributed by atoms with van der Waals surface area (Å²) in [6, 6.07) is 16.8. The summed E-state index contributed by atoms with van der Waals surface area (Å²) in [5.74, 6) is -0.977. The van der Waals surface area contributed by atoms with Crippen molar-refractivity contribution >= 4 is 62.7 Å². The van der Waals surface area contributed by atoms with E-state index in [1.165, 1.54) is 0 Å². The third-order valence-corrected chi connectivity index (χ3v) is 14.6. The van der Waals surface area contributed by atoms with Gasteiger partial charge in [-0.1, -0.05) is 30.3 Å². The summed E-state index contributed by atoms with van der Waals surface area (Å²) in [6.45, 7) is 14.2. The minimum atomic E-state index is -5.34. The van der Waals surface area contributed by atoms with Crippen LogP contribution in [0.5, 0.6) is 0 Å². The Hall–Kier alpha value is -3.58. The number of aryl methyl sites for hydroxylation is 6. The topological polar surface area (TPSA) is 207 Å². The van der Waals surface area contributed by atoms with Crippen molar-refractivity contribution < 1.29 is 72.3 Å². The average Bonchev–Trinajstić information content (AvgIpc) is 3.04. The first-order valence-corrected chi connectivity index (χ1v) is 24.1. The summed E-state index contributed by atoms with van der Waals surface area (Å²) in [7, 11) is -17.6. The molecule has 5 aromatic carbocycles. The standard InChI is InChI=1S/C41H46N2O10S4.Na/c1-22-19-30(42-38-24(3)17-26(5)40(28(38)7)54(9,44)45)11-14-33(22)37(35-16-13-32(56(48,49)50)21-36(35)57(51,52)53)34-15-12-31(20-23(34)2)43-39-25(4)18-27(6)41(29(39)8)55(10,46)47;/h11-21,37,42-43H,1-10H3,(H,48,49,50)(H,51,52,53);/q;+1/p-2. The number of rotatable bonds is 11. The first-order valence-electron chi connectivity index (χ1n) is 17.5. The molecule has 0 bridgehead atoms. The normalized spacial score (nSPS) is 12.4. The van der Waals surface area contributed by atoms with Gasteiger partial charge in [-0.05, 0) is 153 Å². The van der Waals surface area contributed by atoms with Crippen molar-refractivity contribution in [2.45, 2.75) is 80.9 Å². The molecule has 5 rings (SSSR count). The Labute approximate surface area is 364 Å². The van der Waals surface area contributed by atoms with Crippen LogP contribution in [0.15, 0.2) is 86.3 Å². The first kappa shape index (κ1) is 47.1. The molecule has 0 aliphatic carbocycles. The van der Waals surface area contributed by atoms with Crippen LogP contribution in [0.4, 0.5) is 22.7 Å². The number of hydrogen-bond acceptors (Lipinski definition) is 12. The van der Waals surface area contributed by atoms with E-state index in [9.17, 15) is 42.8 Å². The molecule has 304 valence electrons. The second-order valence-electron chi connectivity index (χ2n) is 14.7. The maximum Gasteiger partial charge on any atom is 1.00 e. The van der Waals surface area contributed by atoms with Crippen molar-refractivity contribution in [3.05, 3.63) is 128 Å². The van der Waals surface area contributed by atoms with E-state index in [4.69, 9.17) is 0 Å². The zero-order chi connectivity index (χ0) is 42.7. The fourth-order valence-corrected chi connectivity index (χ4v) is 11.9. The van der Waals surface area contributed by atoms with Gasteiger partial charge in [-0.3, -0.25) is 0 Å². The number of sulfone groups is 2. The van der Waals surface area contributed by atoms with Crippen LogP contribution < -0.4 is 40.2 Å². The SMILES string of the molecule is Cc1cc(Nc2c(C)cc(C)c(S(C)(=O)=O)c2C)ccc1C(c1ccc(Nc2c(C)cc(C)c(S(C)(=O)=O)c2C)cc1C)c1ccc(S(=O)(=O)[O-])cc1S(=O)(=O)[O-].[Na+]. The van der Waals surface area contributed by atoms with Gasteiger partial charge in [-0.25, -0.2) is 33.7 Å². The molecule has 58 heavy (non-hydrogen) atoms. The quantitative estimate of drug-likeness (QED) is 0.107. The fourth-order valence-electron chi connectivity index (χ4n) is 7.93. The predicted octanol–water partition coefficient (Wildman–Crippen LogP) is 4.44. The summed E-state index contributed by atoms with van der Waals surface area (Å²) in [6.07, 6.45) is 2.31. The zero-order valence-corrected chi connectivity index (χ0v) is 39.4. The third kappa shape index (κ3) is 9.72. The van der Waals surface area contributed by atoms with E-state index in [0.29, 0.717) is 73.3 Å². The third-order valence-electron chi connectivity index (χ3n) is 10.1. The number of anilines is 4. The van der Waals surface area contributed by atoms with Crippen molar-refractivity contribution in [3.63, 3.8) is 0 Å². The van der Waals surface area contributed by atoms with E-state index >= 15 is 0 Å². The van der Waals surface area contributed by atoms with Crippen LogP contribution in [0.3, 0.4) is 0 Å². The summed E-state index contributed by atoms with van der Waals surface area (Å²) in [5.41, 5.74) is 8.60. The van der Waals surface area contributed by atoms with Gasteiger partial charge in [-0.2, -0.15) is 0 Å². The van der Waals surface area contributed by atoms with Gasteiger partial charge >= 0.3 is 29.6 Å². The minimum Gasteiger partial charge on any atom is -0.744 e. The molecule has 0 heterocycles. The largest absolute Gasteiger partial charge is 1.00 e. The van der Waals surface area contributed by atoms with Gasteiger partial charge < -0.3 is 19.7 Å². The Bertz CT molecular complexity index is 2800. The number of nitrogens with one attached hydrogen (secondary N) is 2. The molecule has 5 aromatic rings. The monoisotopic (exact) mass is 875 g/mol. The van der Waals surface area contributed by atoms with Crippen molar-refractivity contribution in [2.75, 3.05) is 23.1 Å². The van der Waals surface area contributed by atoms with E-state index < -0.39 is 55.6 Å². The first-order chi connectivity index (χ1) is 26.1. The second kappa shape index (κ2) is 16.8. The van der Waals surface area contributed by atoms with Crippen LogP contribution in [-0.4, -0.2) is 55.3 Å². The maximum absolute atomic E-state index is 12.8. The van der Waals surface area contributed by atoms with Gasteiger partial charge in [0.05, 0.1) is 19.6 Å². The maximum atomic E-state index is 12.8. The molecule has 0 aliphatic heterocycles. The average molecular weight is 876 g/mol. The van der Waals surface area contributed by atoms with Crippen molar-refractivity contribution in [1.82, 2.24) is 0 Å². The Morgan fingerprint density at radius 3 is 1.17 bits per heavy atom. The molecule has 12 nitrogen and oxygen atoms in total. The zero-order valence-electron chi connectivity index (χ0n) is 34.1. The molecule has 17 heteroatoms. The van der Waals surface area contributed by atoms with Gasteiger partial charge in [-0.15, -0.1) is 0 Å². The molecule has 0 atom stereocenters. The fraction of sp³-hybridized carbons (Fsp3) is 0.268. The Kier molecular flexibility index (Phi) is 13.7. The second-order valence-corrected chi connectivity index (χ2v) is 21.3. The predicted molar refractivity (Wildman–Crippen MR) is 220 cm³/mol. The summed E-state index contributed by atoms with van der Waals surface area (Å²) < 4.78 is 125. The van der Waals surface area contributed by atoms with Crippen LogP contribution in [-0.2, 0) is 39.9 Å². The molecule has 0 saturated heterocycles. The Morgan fingerprint density at radius 1 is 0.466 bits per heavy atom. The molecule has 0 amide bonds. The van der Waals surface area contributed by atoms with E-state index in [0.717, 1.165) is 35.8 Å². The Balaban J connectivity index is 0.00000744. The number of benzene rings is 5. The van der Waals surface area contributed by atoms with Crippen molar-refractivity contribution in [3.8, 4) is 0 Å². The van der Waals surface area contributed by atoms with E-state index in [-0.39, 0.29) is 44.9 Å². The van der Waals surface area contributed by atoms with Crippen molar-refractivity contribution in [2.24, 2.45) is 0 Å². The van der Waals surface area contributed by atoms with Gasteiger partial charge in [0, 0.05) is 41.2 Å². The smallest absolute Gasteiger partial charge is 0.744 e. The van der Waals surface area contributed by atoms with E-state index in [2.05, 4.69) is 10.6 Å². The van der Waals surface area contributed by atoms with Crippen molar-refractivity contribution in [1.29, 1.82) is 0 Å². The van der Waals surface area contributed by atoms with Crippen LogP contribution in [0, 0.1) is 55.4 Å². The number of hydrogen-bond donors (Lipinski definition) is 2. The molecular weight excluding hydrogens is 832 g/mol. The van der Waals surface area contributed by atoms with Gasteiger partial charge in [0.1, 0.15) is 20.2 Å². The summed E-state index contributed by atoms with van der Waals surface area (Å²) >= 11 is 0. The minimum absolute atomic E-state index is 0. The summed E-state index contributed by atoms with van der Waals surface area (Å²) in [4.78, 5) is -1.31. The van der Waals surface area contributed by atoms with Crippen LogP contribution in [0.25, 0.3) is 0 Å². The van der Waals surface area contributed by atoms with Gasteiger partial charge in [0.2, 0.25) is 0 Å². The molecule has 0 radical (unpaired) electrons. The molecule has 2 N–H and O–H groups in total. The summed E-state index contributed by atoms with van der Waals surface area (Å²) in [5, 5.41) is 6.67. The molecule has 0 aliphatic rings. The molecule has 0 unspecified atom stereocenters. The van der Waals surface area contributed by atoms with E-state index in [1.807, 2.05) is 13.8 Å². The van der Waals surface area contributed by atoms with Crippen LogP contribution in [0.1, 0.15) is 67.1 Å². The van der Waals surface area contributed by atoms with Crippen LogP contribution >= 0.6 is 0 Å². The molecule has 0 saturated carbocycles. The van der Waals surface area contributed by atoms with Crippen LogP contribution in [0.2, 0.25) is 0 Å². The molecule has 0 aromatic heterocycles. The van der Waals surface area contributed by atoms with E-state index in [1.54, 1.807) is 90.1 Å². The Morgan fingerprint density at radius 2 is 0.845 bits per heavy atom. The van der Waals surface area contributed by atoms with Gasteiger partial charge in [0.25, 0.3) is 0 Å². The molecule has 0 spiro atoms. The molecule has 0 fully saturated rings.